The maximum atomic E-state index is 11.5. The molecule has 0 aliphatic carbocycles. The highest BCUT2D eigenvalue weighted by atomic mass is 16.4. The van der Waals surface area contributed by atoms with Crippen molar-refractivity contribution in [2.45, 2.75) is 0 Å². The van der Waals surface area contributed by atoms with Gasteiger partial charge in [0.2, 0.25) is 0 Å². The quantitative estimate of drug-likeness (QED) is 0.511. The van der Waals surface area contributed by atoms with Crippen molar-refractivity contribution in [3.63, 3.8) is 0 Å². The van der Waals surface area contributed by atoms with E-state index in [1.165, 1.54) is 12.1 Å². The Morgan fingerprint density at radius 1 is 0.615 bits per heavy atom. The first-order chi connectivity index (χ1) is 12.5. The molecule has 0 saturated carbocycles. The summed E-state index contributed by atoms with van der Waals surface area (Å²) in [6, 6.07) is 22.5. The third-order valence-electron chi connectivity index (χ3n) is 4.54. The average Bonchev–Trinajstić information content (AvgIpc) is 2.65. The van der Waals surface area contributed by atoms with Crippen LogP contribution in [-0.4, -0.2) is 22.2 Å². The number of benzene rings is 4. The zero-order valence-corrected chi connectivity index (χ0v) is 13.6. The van der Waals surface area contributed by atoms with Crippen LogP contribution >= 0.6 is 0 Å². The second-order valence-electron chi connectivity index (χ2n) is 6.10. The maximum absolute atomic E-state index is 11.5. The molecule has 0 radical (unpaired) electrons. The van der Waals surface area contributed by atoms with Crippen molar-refractivity contribution >= 4 is 33.5 Å². The highest BCUT2D eigenvalue weighted by molar-refractivity contribution is 6.07. The summed E-state index contributed by atoms with van der Waals surface area (Å²) >= 11 is 0. The highest BCUT2D eigenvalue weighted by Gasteiger charge is 2.17. The van der Waals surface area contributed by atoms with Gasteiger partial charge >= 0.3 is 11.9 Å². The van der Waals surface area contributed by atoms with Crippen molar-refractivity contribution in [3.8, 4) is 11.1 Å². The molecule has 2 N–H and O–H groups in total. The van der Waals surface area contributed by atoms with Crippen LogP contribution in [0.25, 0.3) is 32.7 Å². The van der Waals surface area contributed by atoms with Gasteiger partial charge in [0.15, 0.2) is 0 Å². The predicted molar refractivity (Wildman–Crippen MR) is 101 cm³/mol. The molecule has 0 unspecified atom stereocenters. The van der Waals surface area contributed by atoms with Gasteiger partial charge in [-0.1, -0.05) is 48.5 Å². The molecule has 4 nitrogen and oxygen atoms in total. The smallest absolute Gasteiger partial charge is 0.336 e. The first-order valence-electron chi connectivity index (χ1n) is 8.07. The Bertz CT molecular complexity index is 1190. The van der Waals surface area contributed by atoms with Crippen molar-refractivity contribution < 1.29 is 19.8 Å². The molecule has 0 aliphatic rings. The van der Waals surface area contributed by atoms with Gasteiger partial charge in [-0.15, -0.1) is 0 Å². The Morgan fingerprint density at radius 2 is 1.27 bits per heavy atom. The van der Waals surface area contributed by atoms with Crippen LogP contribution in [0.2, 0.25) is 0 Å². The van der Waals surface area contributed by atoms with Crippen LogP contribution < -0.4 is 0 Å². The molecule has 0 aromatic heterocycles. The minimum atomic E-state index is -1.25. The van der Waals surface area contributed by atoms with E-state index in [0.717, 1.165) is 27.1 Å². The molecule has 4 heteroatoms. The lowest BCUT2D eigenvalue weighted by Gasteiger charge is -2.11. The third-order valence-corrected chi connectivity index (χ3v) is 4.54. The molecule has 0 amide bonds. The van der Waals surface area contributed by atoms with Gasteiger partial charge in [-0.3, -0.25) is 0 Å². The number of carbonyl (C=O) groups is 2. The molecule has 4 rings (SSSR count). The Kier molecular flexibility index (Phi) is 3.66. The summed E-state index contributed by atoms with van der Waals surface area (Å²) in [6.07, 6.45) is 0. The van der Waals surface area contributed by atoms with Crippen LogP contribution in [0.5, 0.6) is 0 Å². The third kappa shape index (κ3) is 2.58. The van der Waals surface area contributed by atoms with Crippen molar-refractivity contribution in [3.05, 3.63) is 83.9 Å². The molecule has 4 aromatic carbocycles. The summed E-state index contributed by atoms with van der Waals surface area (Å²) < 4.78 is 0. The normalized spacial score (nSPS) is 10.9. The summed E-state index contributed by atoms with van der Waals surface area (Å²) in [5, 5.41) is 22.8. The Morgan fingerprint density at radius 3 is 1.96 bits per heavy atom. The number of carboxylic acid groups (broad SMARTS) is 2. The Labute approximate surface area is 148 Å². The lowest BCUT2D eigenvalue weighted by molar-refractivity contribution is 0.0651. The fourth-order valence-corrected chi connectivity index (χ4v) is 3.29. The van der Waals surface area contributed by atoms with Gasteiger partial charge in [0.1, 0.15) is 0 Å². The van der Waals surface area contributed by atoms with Gasteiger partial charge in [0.05, 0.1) is 11.1 Å². The molecule has 0 heterocycles. The van der Waals surface area contributed by atoms with Gasteiger partial charge in [0.25, 0.3) is 0 Å². The molecule has 0 aliphatic heterocycles. The zero-order chi connectivity index (χ0) is 18.3. The van der Waals surface area contributed by atoms with E-state index in [0.29, 0.717) is 5.56 Å². The minimum absolute atomic E-state index is 0.215. The number of fused-ring (bicyclic) bond motifs is 2. The fraction of sp³-hybridized carbons (Fsp3) is 0. The van der Waals surface area contributed by atoms with Gasteiger partial charge in [-0.25, -0.2) is 9.59 Å². The average molecular weight is 342 g/mol. The van der Waals surface area contributed by atoms with Crippen LogP contribution in [0.1, 0.15) is 20.7 Å². The van der Waals surface area contributed by atoms with E-state index in [-0.39, 0.29) is 11.1 Å². The van der Waals surface area contributed by atoms with Crippen LogP contribution in [0, 0.1) is 0 Å². The molecule has 0 bridgehead atoms. The van der Waals surface area contributed by atoms with Crippen LogP contribution in [0.4, 0.5) is 0 Å². The number of carboxylic acids is 2. The van der Waals surface area contributed by atoms with Crippen LogP contribution in [0.15, 0.2) is 72.8 Å². The van der Waals surface area contributed by atoms with E-state index in [9.17, 15) is 19.8 Å². The summed E-state index contributed by atoms with van der Waals surface area (Å²) in [5.74, 6) is -2.51. The summed E-state index contributed by atoms with van der Waals surface area (Å²) in [6.45, 7) is 0. The standard InChI is InChI=1S/C22H14O4/c23-21(24)18-9-8-16(12-20(18)22(25)26)17-7-3-6-15-10-13-4-1-2-5-14(13)11-19(15)17/h1-12H,(H,23,24)(H,25,26). The van der Waals surface area contributed by atoms with E-state index in [4.69, 9.17) is 0 Å². The van der Waals surface area contributed by atoms with Crippen LogP contribution in [0.3, 0.4) is 0 Å². The van der Waals surface area contributed by atoms with Gasteiger partial charge in [-0.2, -0.15) is 0 Å². The molecule has 0 fully saturated rings. The molecule has 4 aromatic rings. The summed E-state index contributed by atoms with van der Waals surface area (Å²) in [7, 11) is 0. The Balaban J connectivity index is 1.99. The van der Waals surface area contributed by atoms with E-state index in [1.54, 1.807) is 6.07 Å². The summed E-state index contributed by atoms with van der Waals surface area (Å²) in [4.78, 5) is 22.8. The molecule has 0 saturated heterocycles. The second-order valence-corrected chi connectivity index (χ2v) is 6.10. The lowest BCUT2D eigenvalue weighted by Crippen LogP contribution is -2.08. The fourth-order valence-electron chi connectivity index (χ4n) is 3.29. The molecular formula is C22H14O4. The number of hydrogen-bond acceptors (Lipinski definition) is 2. The van der Waals surface area contributed by atoms with Crippen LogP contribution in [-0.2, 0) is 0 Å². The van der Waals surface area contributed by atoms with E-state index in [2.05, 4.69) is 12.1 Å². The maximum Gasteiger partial charge on any atom is 0.336 e. The van der Waals surface area contributed by atoms with Gasteiger partial charge in [0, 0.05) is 0 Å². The van der Waals surface area contributed by atoms with E-state index < -0.39 is 11.9 Å². The van der Waals surface area contributed by atoms with Gasteiger partial charge < -0.3 is 10.2 Å². The van der Waals surface area contributed by atoms with Gasteiger partial charge in [-0.05, 0) is 56.9 Å². The predicted octanol–water partition coefficient (Wildman–Crippen LogP) is 5.06. The van der Waals surface area contributed by atoms with Crippen molar-refractivity contribution in [1.82, 2.24) is 0 Å². The zero-order valence-electron chi connectivity index (χ0n) is 13.6. The molecule has 0 spiro atoms. The SMILES string of the molecule is O=C(O)c1ccc(-c2cccc3cc4ccccc4cc23)cc1C(=O)O. The minimum Gasteiger partial charge on any atom is -0.478 e. The molecule has 0 atom stereocenters. The summed E-state index contributed by atoms with van der Waals surface area (Å²) in [5.41, 5.74) is 1.11. The monoisotopic (exact) mass is 342 g/mol. The first-order valence-corrected chi connectivity index (χ1v) is 8.07. The Hall–Kier alpha value is -3.66. The lowest BCUT2D eigenvalue weighted by atomic mass is 9.93. The van der Waals surface area contributed by atoms with Crippen molar-refractivity contribution in [1.29, 1.82) is 0 Å². The van der Waals surface area contributed by atoms with Crippen molar-refractivity contribution in [2.24, 2.45) is 0 Å². The van der Waals surface area contributed by atoms with E-state index >= 15 is 0 Å². The largest absolute Gasteiger partial charge is 0.478 e. The topological polar surface area (TPSA) is 74.6 Å². The molecule has 26 heavy (non-hydrogen) atoms. The first kappa shape index (κ1) is 15.8. The second kappa shape index (κ2) is 6.01. The van der Waals surface area contributed by atoms with E-state index in [1.807, 2.05) is 42.5 Å². The number of aromatic carboxylic acids is 2. The highest BCUT2D eigenvalue weighted by Crippen LogP contribution is 2.32. The molecular weight excluding hydrogens is 328 g/mol. The van der Waals surface area contributed by atoms with Crippen molar-refractivity contribution in [2.75, 3.05) is 0 Å². The molecule has 126 valence electrons. The number of hydrogen-bond donors (Lipinski definition) is 2. The number of rotatable bonds is 3.